The van der Waals surface area contributed by atoms with Crippen molar-refractivity contribution in [3.63, 3.8) is 0 Å². The van der Waals surface area contributed by atoms with Crippen molar-refractivity contribution >= 4 is 21.4 Å². The van der Waals surface area contributed by atoms with Gasteiger partial charge in [0.05, 0.1) is 11.0 Å². The van der Waals surface area contributed by atoms with Gasteiger partial charge in [-0.25, -0.2) is 8.42 Å². The van der Waals surface area contributed by atoms with Crippen LogP contribution in [0.25, 0.3) is 0 Å². The lowest BCUT2D eigenvalue weighted by Crippen LogP contribution is -2.17. The number of hydrogen-bond acceptors (Lipinski definition) is 5. The Bertz CT molecular complexity index is 933. The first-order valence-electron chi connectivity index (χ1n) is 8.79. The molecule has 0 unspecified atom stereocenters. The molecule has 0 saturated carbocycles. The SMILES string of the molecule is Cc1ccc(S(C)(=O)=O)cc1NC(=O)c1cccc(OC[C@@H]2CCCO2)c1. The van der Waals surface area contributed by atoms with Gasteiger partial charge in [-0.1, -0.05) is 12.1 Å². The molecule has 0 spiro atoms. The maximum atomic E-state index is 12.6. The molecule has 1 heterocycles. The van der Waals surface area contributed by atoms with E-state index in [2.05, 4.69) is 5.32 Å². The van der Waals surface area contributed by atoms with Crippen molar-refractivity contribution in [1.29, 1.82) is 0 Å². The number of carbonyl (C=O) groups is 1. The second kappa shape index (κ2) is 8.10. The minimum atomic E-state index is -3.35. The van der Waals surface area contributed by atoms with Crippen molar-refractivity contribution in [1.82, 2.24) is 0 Å². The number of ether oxygens (including phenoxy) is 2. The Labute approximate surface area is 159 Å². The molecular formula is C20H23NO5S. The smallest absolute Gasteiger partial charge is 0.255 e. The average Bonchev–Trinajstić information content (AvgIpc) is 3.14. The van der Waals surface area contributed by atoms with Crippen LogP contribution in [0.15, 0.2) is 47.4 Å². The van der Waals surface area contributed by atoms with Crippen LogP contribution >= 0.6 is 0 Å². The maximum absolute atomic E-state index is 12.6. The van der Waals surface area contributed by atoms with Crippen LogP contribution in [-0.2, 0) is 14.6 Å². The average molecular weight is 389 g/mol. The Morgan fingerprint density at radius 1 is 1.26 bits per heavy atom. The highest BCUT2D eigenvalue weighted by Gasteiger charge is 2.17. The number of carbonyl (C=O) groups excluding carboxylic acids is 1. The Balaban J connectivity index is 1.71. The predicted octanol–water partition coefficient (Wildman–Crippen LogP) is 3.21. The maximum Gasteiger partial charge on any atom is 0.255 e. The first-order valence-corrected chi connectivity index (χ1v) is 10.7. The van der Waals surface area contributed by atoms with Gasteiger partial charge in [0, 0.05) is 24.1 Å². The summed E-state index contributed by atoms with van der Waals surface area (Å²) in [6, 6.07) is 11.6. The molecule has 1 aliphatic heterocycles. The third kappa shape index (κ3) is 5.08. The van der Waals surface area contributed by atoms with Gasteiger partial charge >= 0.3 is 0 Å². The van der Waals surface area contributed by atoms with E-state index in [1.54, 1.807) is 30.3 Å². The van der Waals surface area contributed by atoms with E-state index in [0.717, 1.165) is 31.3 Å². The van der Waals surface area contributed by atoms with Crippen molar-refractivity contribution in [2.75, 3.05) is 24.8 Å². The number of amides is 1. The zero-order valence-corrected chi connectivity index (χ0v) is 16.2. The van der Waals surface area contributed by atoms with E-state index in [1.165, 1.54) is 12.1 Å². The van der Waals surface area contributed by atoms with Crippen LogP contribution in [0.2, 0.25) is 0 Å². The molecular weight excluding hydrogens is 366 g/mol. The summed E-state index contributed by atoms with van der Waals surface area (Å²) in [6.07, 6.45) is 3.26. The molecule has 7 heteroatoms. The second-order valence-electron chi connectivity index (χ2n) is 6.68. The molecule has 1 aliphatic rings. The summed E-state index contributed by atoms with van der Waals surface area (Å²) in [5.41, 5.74) is 1.68. The topological polar surface area (TPSA) is 81.7 Å². The molecule has 1 fully saturated rings. The zero-order chi connectivity index (χ0) is 19.4. The lowest BCUT2D eigenvalue weighted by atomic mass is 10.1. The summed E-state index contributed by atoms with van der Waals surface area (Å²) < 4.78 is 34.7. The number of sulfone groups is 1. The highest BCUT2D eigenvalue weighted by Crippen LogP contribution is 2.22. The number of nitrogens with one attached hydrogen (secondary N) is 1. The first-order chi connectivity index (χ1) is 12.8. The van der Waals surface area contributed by atoms with Crippen molar-refractivity contribution in [2.24, 2.45) is 0 Å². The molecule has 1 N–H and O–H groups in total. The molecule has 0 radical (unpaired) electrons. The minimum absolute atomic E-state index is 0.101. The van der Waals surface area contributed by atoms with E-state index in [9.17, 15) is 13.2 Å². The summed E-state index contributed by atoms with van der Waals surface area (Å²) in [4.78, 5) is 12.8. The molecule has 0 bridgehead atoms. The number of anilines is 1. The van der Waals surface area contributed by atoms with Gasteiger partial charge < -0.3 is 14.8 Å². The summed E-state index contributed by atoms with van der Waals surface area (Å²) in [5, 5.41) is 2.78. The van der Waals surface area contributed by atoms with Crippen LogP contribution < -0.4 is 10.1 Å². The molecule has 1 amide bonds. The van der Waals surface area contributed by atoms with Crippen LogP contribution in [0.4, 0.5) is 5.69 Å². The van der Waals surface area contributed by atoms with Gasteiger partial charge in [0.15, 0.2) is 9.84 Å². The highest BCUT2D eigenvalue weighted by atomic mass is 32.2. The number of benzene rings is 2. The molecule has 2 aromatic carbocycles. The van der Waals surface area contributed by atoms with Crippen molar-refractivity contribution in [3.05, 3.63) is 53.6 Å². The van der Waals surface area contributed by atoms with E-state index in [4.69, 9.17) is 9.47 Å². The summed E-state index contributed by atoms with van der Waals surface area (Å²) in [7, 11) is -3.35. The fraction of sp³-hybridized carbons (Fsp3) is 0.350. The molecule has 1 atom stereocenters. The van der Waals surface area contributed by atoms with Gasteiger partial charge in [-0.3, -0.25) is 4.79 Å². The number of rotatable bonds is 6. The summed E-state index contributed by atoms with van der Waals surface area (Å²) in [5.74, 6) is 0.270. The quantitative estimate of drug-likeness (QED) is 0.820. The van der Waals surface area contributed by atoms with Gasteiger partial charge in [-0.2, -0.15) is 0 Å². The van der Waals surface area contributed by atoms with Gasteiger partial charge in [0.25, 0.3) is 5.91 Å². The van der Waals surface area contributed by atoms with E-state index in [-0.39, 0.29) is 16.9 Å². The molecule has 6 nitrogen and oxygen atoms in total. The normalized spacial score (nSPS) is 16.9. The van der Waals surface area contributed by atoms with E-state index >= 15 is 0 Å². The molecule has 27 heavy (non-hydrogen) atoms. The molecule has 0 aromatic heterocycles. The monoisotopic (exact) mass is 389 g/mol. The third-order valence-electron chi connectivity index (χ3n) is 4.44. The second-order valence-corrected chi connectivity index (χ2v) is 8.69. The summed E-state index contributed by atoms with van der Waals surface area (Å²) >= 11 is 0. The predicted molar refractivity (Wildman–Crippen MR) is 103 cm³/mol. The van der Waals surface area contributed by atoms with Crippen molar-refractivity contribution < 1.29 is 22.7 Å². The molecule has 1 saturated heterocycles. The first kappa shape index (κ1) is 19.4. The Kier molecular flexibility index (Phi) is 5.82. The van der Waals surface area contributed by atoms with E-state index in [0.29, 0.717) is 23.6 Å². The largest absolute Gasteiger partial charge is 0.491 e. The van der Waals surface area contributed by atoms with Crippen molar-refractivity contribution in [3.8, 4) is 5.75 Å². The number of hydrogen-bond donors (Lipinski definition) is 1. The Morgan fingerprint density at radius 3 is 2.78 bits per heavy atom. The lowest BCUT2D eigenvalue weighted by molar-refractivity contribution is 0.0679. The molecule has 144 valence electrons. The fourth-order valence-corrected chi connectivity index (χ4v) is 3.50. The standard InChI is InChI=1S/C20H23NO5S/c1-14-8-9-18(27(2,23)24)12-19(14)21-20(22)15-5-3-6-16(11-15)26-13-17-7-4-10-25-17/h3,5-6,8-9,11-12,17H,4,7,10,13H2,1-2H3,(H,21,22)/t17-/m0/s1. The van der Waals surface area contributed by atoms with Gasteiger partial charge in [0.2, 0.25) is 0 Å². The van der Waals surface area contributed by atoms with Gasteiger partial charge in [-0.05, 0) is 55.7 Å². The molecule has 3 rings (SSSR count). The van der Waals surface area contributed by atoms with Crippen LogP contribution in [0.5, 0.6) is 5.75 Å². The van der Waals surface area contributed by atoms with Crippen molar-refractivity contribution in [2.45, 2.75) is 30.8 Å². The van der Waals surface area contributed by atoms with E-state index in [1.807, 2.05) is 6.92 Å². The molecule has 0 aliphatic carbocycles. The lowest BCUT2D eigenvalue weighted by Gasteiger charge is -2.13. The fourth-order valence-electron chi connectivity index (χ4n) is 2.85. The van der Waals surface area contributed by atoms with Crippen LogP contribution in [-0.4, -0.2) is 39.9 Å². The third-order valence-corrected chi connectivity index (χ3v) is 5.55. The Hall–Kier alpha value is -2.38. The van der Waals surface area contributed by atoms with E-state index < -0.39 is 9.84 Å². The van der Waals surface area contributed by atoms with Crippen LogP contribution in [0.3, 0.4) is 0 Å². The van der Waals surface area contributed by atoms with Crippen LogP contribution in [0.1, 0.15) is 28.8 Å². The highest BCUT2D eigenvalue weighted by molar-refractivity contribution is 7.90. The minimum Gasteiger partial charge on any atom is -0.491 e. The van der Waals surface area contributed by atoms with Crippen LogP contribution in [0, 0.1) is 6.92 Å². The Morgan fingerprint density at radius 2 is 2.07 bits per heavy atom. The van der Waals surface area contributed by atoms with Gasteiger partial charge in [-0.15, -0.1) is 0 Å². The zero-order valence-electron chi connectivity index (χ0n) is 15.4. The van der Waals surface area contributed by atoms with Gasteiger partial charge in [0.1, 0.15) is 12.4 Å². The molecule has 2 aromatic rings. The number of aryl methyl sites for hydroxylation is 1. The summed E-state index contributed by atoms with van der Waals surface area (Å²) in [6.45, 7) is 3.03.